The Morgan fingerprint density at radius 2 is 1.83 bits per heavy atom. The monoisotopic (exact) mass is 293 g/mol. The van der Waals surface area contributed by atoms with E-state index in [0.717, 1.165) is 7.11 Å². The molecule has 18 heavy (non-hydrogen) atoms. The molecule has 0 aliphatic heterocycles. The second kappa shape index (κ2) is 6.00. The fourth-order valence-electron chi connectivity index (χ4n) is 0.743. The van der Waals surface area contributed by atoms with Gasteiger partial charge >= 0.3 is 18.1 Å². The number of alkyl halides is 3. The lowest BCUT2D eigenvalue weighted by molar-refractivity contribution is -0.176. The van der Waals surface area contributed by atoms with Crippen molar-refractivity contribution in [2.24, 2.45) is 0 Å². The fourth-order valence-corrected chi connectivity index (χ4v) is 1.13. The summed E-state index contributed by atoms with van der Waals surface area (Å²) >= 11 is 0. The lowest BCUT2D eigenvalue weighted by atomic mass is 10.3. The Hall–Kier alpha value is -1.36. The molecule has 1 N–H and O–H groups in total. The van der Waals surface area contributed by atoms with Gasteiger partial charge in [-0.15, -0.1) is 0 Å². The predicted molar refractivity (Wildman–Crippen MR) is 50.8 cm³/mol. The maximum atomic E-state index is 11.9. The Bertz CT molecular complexity index is 417. The summed E-state index contributed by atoms with van der Waals surface area (Å²) in [5.41, 5.74) is 0. The first-order valence-electron chi connectivity index (χ1n) is 4.27. The molecule has 1 amide bonds. The first kappa shape index (κ1) is 16.6. The lowest BCUT2D eigenvalue weighted by Crippen LogP contribution is -2.49. The first-order chi connectivity index (χ1) is 7.97. The van der Waals surface area contributed by atoms with E-state index in [1.165, 1.54) is 5.32 Å². The van der Waals surface area contributed by atoms with Crippen molar-refractivity contribution in [2.75, 3.05) is 20.0 Å². The van der Waals surface area contributed by atoms with Gasteiger partial charge in [0.25, 0.3) is 10.1 Å². The van der Waals surface area contributed by atoms with Crippen molar-refractivity contribution in [1.29, 1.82) is 0 Å². The van der Waals surface area contributed by atoms with Gasteiger partial charge in [-0.25, -0.2) is 4.79 Å². The number of nitrogens with one attached hydrogen (secondary N) is 1. The molecule has 0 radical (unpaired) electrons. The number of carbonyl (C=O) groups excluding carboxylic acids is 2. The molecule has 0 heterocycles. The van der Waals surface area contributed by atoms with E-state index >= 15 is 0 Å². The van der Waals surface area contributed by atoms with Gasteiger partial charge in [0.15, 0.2) is 6.04 Å². The fraction of sp³-hybridized carbons (Fsp3) is 0.714. The van der Waals surface area contributed by atoms with Gasteiger partial charge in [-0.2, -0.15) is 21.6 Å². The number of rotatable bonds is 5. The minimum absolute atomic E-state index is 0.632. The van der Waals surface area contributed by atoms with Gasteiger partial charge < -0.3 is 10.1 Å². The van der Waals surface area contributed by atoms with Crippen LogP contribution in [-0.4, -0.2) is 52.5 Å². The van der Waals surface area contributed by atoms with Gasteiger partial charge in [0, 0.05) is 0 Å². The second-order valence-corrected chi connectivity index (χ2v) is 4.68. The summed E-state index contributed by atoms with van der Waals surface area (Å²) in [5, 5.41) is 1.25. The summed E-state index contributed by atoms with van der Waals surface area (Å²) in [6, 6.07) is -1.88. The van der Waals surface area contributed by atoms with E-state index in [0.29, 0.717) is 6.26 Å². The number of hydrogen-bond donors (Lipinski definition) is 1. The normalized spacial score (nSPS) is 13.8. The number of ether oxygens (including phenoxy) is 1. The average Bonchev–Trinajstić information content (AvgIpc) is 2.19. The zero-order valence-corrected chi connectivity index (χ0v) is 10.1. The molecule has 106 valence electrons. The Balaban J connectivity index is 4.71. The molecule has 11 heteroatoms. The van der Waals surface area contributed by atoms with Crippen molar-refractivity contribution in [3.05, 3.63) is 0 Å². The van der Waals surface area contributed by atoms with E-state index in [1.54, 1.807) is 0 Å². The standard InChI is InChI=1S/C7H10F3NO6S/c1-16-5(12)4(3-17-18(2,14)15)11-6(13)7(8,9)10/h4H,3H2,1-2H3,(H,11,13)/t4-/m1/s1. The van der Waals surface area contributed by atoms with Crippen LogP contribution in [0.25, 0.3) is 0 Å². The predicted octanol–water partition coefficient (Wildman–Crippen LogP) is -0.817. The maximum absolute atomic E-state index is 11.9. The summed E-state index contributed by atoms with van der Waals surface area (Å²) < 4.78 is 65.2. The molecule has 0 saturated carbocycles. The van der Waals surface area contributed by atoms with Gasteiger partial charge in [0.1, 0.15) is 0 Å². The zero-order chi connectivity index (χ0) is 14.6. The Labute approximate surface area is 100 Å². The first-order valence-corrected chi connectivity index (χ1v) is 6.09. The smallest absolute Gasteiger partial charge is 0.467 e. The molecule has 0 unspecified atom stereocenters. The third-order valence-electron chi connectivity index (χ3n) is 1.50. The molecule has 0 aliphatic rings. The van der Waals surface area contributed by atoms with E-state index in [2.05, 4.69) is 8.92 Å². The van der Waals surface area contributed by atoms with E-state index in [1.807, 2.05) is 0 Å². The van der Waals surface area contributed by atoms with Gasteiger partial charge in [-0.3, -0.25) is 8.98 Å². The molecule has 0 aromatic carbocycles. The minimum atomic E-state index is -5.21. The molecule has 0 bridgehead atoms. The van der Waals surface area contributed by atoms with Crippen LogP contribution in [0.4, 0.5) is 13.2 Å². The van der Waals surface area contributed by atoms with Crippen LogP contribution in [0.5, 0.6) is 0 Å². The number of hydrogen-bond acceptors (Lipinski definition) is 6. The molecular formula is C7H10F3NO6S. The van der Waals surface area contributed by atoms with Gasteiger partial charge in [-0.1, -0.05) is 0 Å². The number of amides is 1. The van der Waals surface area contributed by atoms with Crippen LogP contribution in [0.1, 0.15) is 0 Å². The van der Waals surface area contributed by atoms with E-state index in [4.69, 9.17) is 0 Å². The highest BCUT2D eigenvalue weighted by Crippen LogP contribution is 2.14. The summed E-state index contributed by atoms with van der Waals surface area (Å²) in [5.74, 6) is -3.67. The van der Waals surface area contributed by atoms with Crippen LogP contribution in [0.15, 0.2) is 0 Å². The van der Waals surface area contributed by atoms with Gasteiger partial charge in [-0.05, 0) is 0 Å². The lowest BCUT2D eigenvalue weighted by Gasteiger charge is -2.16. The van der Waals surface area contributed by atoms with Crippen molar-refractivity contribution in [3.63, 3.8) is 0 Å². The largest absolute Gasteiger partial charge is 0.471 e. The molecular weight excluding hydrogens is 283 g/mol. The van der Waals surface area contributed by atoms with Crippen molar-refractivity contribution in [2.45, 2.75) is 12.2 Å². The minimum Gasteiger partial charge on any atom is -0.467 e. The topological polar surface area (TPSA) is 98.8 Å². The van der Waals surface area contributed by atoms with Crippen molar-refractivity contribution in [1.82, 2.24) is 5.32 Å². The summed E-state index contributed by atoms with van der Waals surface area (Å²) in [4.78, 5) is 21.6. The Morgan fingerprint density at radius 1 is 1.33 bits per heavy atom. The Kier molecular flexibility index (Phi) is 5.55. The van der Waals surface area contributed by atoms with Crippen LogP contribution >= 0.6 is 0 Å². The highest BCUT2D eigenvalue weighted by atomic mass is 32.2. The van der Waals surface area contributed by atoms with Crippen molar-refractivity contribution in [3.8, 4) is 0 Å². The van der Waals surface area contributed by atoms with Crippen LogP contribution in [0, 0.1) is 0 Å². The number of methoxy groups -OCH3 is 1. The summed E-state index contributed by atoms with van der Waals surface area (Å²) in [6.07, 6.45) is -4.58. The molecule has 1 atom stereocenters. The molecule has 0 aromatic rings. The molecule has 0 rings (SSSR count). The van der Waals surface area contributed by atoms with Crippen LogP contribution in [-0.2, 0) is 28.6 Å². The second-order valence-electron chi connectivity index (χ2n) is 3.04. The molecule has 7 nitrogen and oxygen atoms in total. The van der Waals surface area contributed by atoms with Crippen molar-refractivity contribution >= 4 is 22.0 Å². The quantitative estimate of drug-likeness (QED) is 0.525. The average molecular weight is 293 g/mol. The van der Waals surface area contributed by atoms with E-state index in [-0.39, 0.29) is 0 Å². The van der Waals surface area contributed by atoms with Crippen LogP contribution in [0.2, 0.25) is 0 Å². The molecule has 0 aliphatic carbocycles. The van der Waals surface area contributed by atoms with Crippen LogP contribution < -0.4 is 5.32 Å². The molecule has 0 spiro atoms. The van der Waals surface area contributed by atoms with E-state index in [9.17, 15) is 31.2 Å². The summed E-state index contributed by atoms with van der Waals surface area (Å²) in [6.45, 7) is -0.993. The molecule has 0 aromatic heterocycles. The zero-order valence-electron chi connectivity index (χ0n) is 9.28. The third-order valence-corrected chi connectivity index (χ3v) is 2.06. The van der Waals surface area contributed by atoms with Crippen LogP contribution in [0.3, 0.4) is 0 Å². The number of halogens is 3. The van der Waals surface area contributed by atoms with Crippen molar-refractivity contribution < 1.29 is 40.1 Å². The maximum Gasteiger partial charge on any atom is 0.471 e. The summed E-state index contributed by atoms with van der Waals surface area (Å²) in [7, 11) is -3.12. The highest BCUT2D eigenvalue weighted by Gasteiger charge is 2.41. The Morgan fingerprint density at radius 3 is 2.17 bits per heavy atom. The SMILES string of the molecule is COC(=O)[C@@H](COS(C)(=O)=O)NC(=O)C(F)(F)F. The molecule has 0 fully saturated rings. The third kappa shape index (κ3) is 6.39. The van der Waals surface area contributed by atoms with Gasteiger partial charge in [0.2, 0.25) is 0 Å². The van der Waals surface area contributed by atoms with E-state index < -0.39 is 40.8 Å². The number of esters is 1. The molecule has 0 saturated heterocycles. The van der Waals surface area contributed by atoms with Gasteiger partial charge in [0.05, 0.1) is 20.0 Å². The highest BCUT2D eigenvalue weighted by molar-refractivity contribution is 7.85. The number of carbonyl (C=O) groups is 2.